The van der Waals surface area contributed by atoms with Gasteiger partial charge in [-0.2, -0.15) is 0 Å². The Balaban J connectivity index is 1.60. The first-order chi connectivity index (χ1) is 9.60. The van der Waals surface area contributed by atoms with Crippen LogP contribution in [0.4, 0.5) is 0 Å². The van der Waals surface area contributed by atoms with E-state index in [2.05, 4.69) is 35.1 Å². The second-order valence-electron chi connectivity index (χ2n) is 7.82. The van der Waals surface area contributed by atoms with Crippen molar-refractivity contribution in [1.82, 2.24) is 21.3 Å². The van der Waals surface area contributed by atoms with E-state index in [0.29, 0.717) is 24.2 Å². The molecule has 6 atom stereocenters. The van der Waals surface area contributed by atoms with Crippen molar-refractivity contribution in [3.63, 3.8) is 0 Å². The molecule has 4 fully saturated rings. The SMILES string of the molecule is CC12N[C@H]3CCCC[C@H]3NC1(C)N[C@@H]1CCCC[C@H]1N2. The monoisotopic (exact) mass is 278 g/mol. The lowest BCUT2D eigenvalue weighted by molar-refractivity contribution is -0.0523. The Bertz CT molecular complexity index is 319. The fourth-order valence-electron chi connectivity index (χ4n) is 5.10. The summed E-state index contributed by atoms with van der Waals surface area (Å²) >= 11 is 0. The molecule has 0 bridgehead atoms. The van der Waals surface area contributed by atoms with E-state index in [-0.39, 0.29) is 11.3 Å². The van der Waals surface area contributed by atoms with Gasteiger partial charge in [-0.05, 0) is 39.5 Å². The van der Waals surface area contributed by atoms with Gasteiger partial charge in [-0.25, -0.2) is 0 Å². The summed E-state index contributed by atoms with van der Waals surface area (Å²) in [6.45, 7) is 4.70. The van der Waals surface area contributed by atoms with Gasteiger partial charge in [0.05, 0.1) is 11.3 Å². The highest BCUT2D eigenvalue weighted by Gasteiger charge is 2.57. The first-order valence-corrected chi connectivity index (χ1v) is 8.70. The number of fused-ring (bicyclic) bond motifs is 3. The molecule has 114 valence electrons. The third-order valence-electron chi connectivity index (χ3n) is 6.43. The van der Waals surface area contributed by atoms with E-state index in [9.17, 15) is 0 Å². The van der Waals surface area contributed by atoms with Crippen molar-refractivity contribution in [3.05, 3.63) is 0 Å². The summed E-state index contributed by atoms with van der Waals surface area (Å²) in [4.78, 5) is 0. The van der Waals surface area contributed by atoms with Crippen molar-refractivity contribution in [2.24, 2.45) is 0 Å². The van der Waals surface area contributed by atoms with Crippen molar-refractivity contribution in [3.8, 4) is 0 Å². The van der Waals surface area contributed by atoms with Crippen molar-refractivity contribution in [2.45, 2.75) is 101 Å². The molecule has 0 radical (unpaired) electrons. The van der Waals surface area contributed by atoms with E-state index < -0.39 is 0 Å². The van der Waals surface area contributed by atoms with Crippen LogP contribution in [-0.2, 0) is 0 Å². The topological polar surface area (TPSA) is 48.1 Å². The highest BCUT2D eigenvalue weighted by atomic mass is 15.4. The summed E-state index contributed by atoms with van der Waals surface area (Å²) < 4.78 is 0. The van der Waals surface area contributed by atoms with Gasteiger partial charge in [-0.1, -0.05) is 25.7 Å². The van der Waals surface area contributed by atoms with Crippen LogP contribution in [0, 0.1) is 0 Å². The molecule has 2 aliphatic carbocycles. The summed E-state index contributed by atoms with van der Waals surface area (Å²) in [6, 6.07) is 2.54. The van der Waals surface area contributed by atoms with Crippen molar-refractivity contribution in [1.29, 1.82) is 0 Å². The zero-order valence-corrected chi connectivity index (χ0v) is 13.0. The minimum atomic E-state index is -0.0377. The molecule has 0 aromatic heterocycles. The van der Waals surface area contributed by atoms with Crippen LogP contribution in [0.3, 0.4) is 0 Å². The van der Waals surface area contributed by atoms with E-state index >= 15 is 0 Å². The van der Waals surface area contributed by atoms with E-state index in [1.807, 2.05) is 0 Å². The summed E-state index contributed by atoms with van der Waals surface area (Å²) in [5, 5.41) is 15.9. The largest absolute Gasteiger partial charge is 0.293 e. The highest BCUT2D eigenvalue weighted by Crippen LogP contribution is 2.36. The number of rotatable bonds is 0. The molecule has 20 heavy (non-hydrogen) atoms. The van der Waals surface area contributed by atoms with Gasteiger partial charge < -0.3 is 0 Å². The van der Waals surface area contributed by atoms with Crippen LogP contribution >= 0.6 is 0 Å². The lowest BCUT2D eigenvalue weighted by Gasteiger charge is -2.64. The summed E-state index contributed by atoms with van der Waals surface area (Å²) in [5.74, 6) is 0. The van der Waals surface area contributed by atoms with Gasteiger partial charge >= 0.3 is 0 Å². The maximum Gasteiger partial charge on any atom is 0.0984 e. The van der Waals surface area contributed by atoms with Gasteiger partial charge in [0.2, 0.25) is 0 Å². The minimum Gasteiger partial charge on any atom is -0.293 e. The Kier molecular flexibility index (Phi) is 3.15. The summed E-state index contributed by atoms with van der Waals surface area (Å²) in [7, 11) is 0. The maximum atomic E-state index is 3.97. The molecule has 0 spiro atoms. The molecule has 4 N–H and O–H groups in total. The Morgan fingerprint density at radius 2 is 0.800 bits per heavy atom. The van der Waals surface area contributed by atoms with E-state index in [1.165, 1.54) is 51.4 Å². The molecular weight excluding hydrogens is 248 g/mol. The molecule has 2 aliphatic heterocycles. The van der Waals surface area contributed by atoms with Crippen LogP contribution in [0.25, 0.3) is 0 Å². The molecule has 4 nitrogen and oxygen atoms in total. The van der Waals surface area contributed by atoms with Crippen LogP contribution < -0.4 is 21.3 Å². The fourth-order valence-corrected chi connectivity index (χ4v) is 5.10. The fraction of sp³-hybridized carbons (Fsp3) is 1.00. The third-order valence-corrected chi connectivity index (χ3v) is 6.43. The molecule has 4 heteroatoms. The second-order valence-corrected chi connectivity index (χ2v) is 7.82. The van der Waals surface area contributed by atoms with Crippen LogP contribution in [0.5, 0.6) is 0 Å². The third kappa shape index (κ3) is 1.96. The van der Waals surface area contributed by atoms with E-state index in [0.717, 1.165) is 0 Å². The Morgan fingerprint density at radius 3 is 1.05 bits per heavy atom. The molecule has 0 aromatic carbocycles. The predicted molar refractivity (Wildman–Crippen MR) is 81.4 cm³/mol. The lowest BCUT2D eigenvalue weighted by Crippen LogP contribution is -2.91. The van der Waals surface area contributed by atoms with Gasteiger partial charge in [-0.15, -0.1) is 0 Å². The second kappa shape index (κ2) is 4.67. The van der Waals surface area contributed by atoms with E-state index in [4.69, 9.17) is 0 Å². The molecule has 2 unspecified atom stereocenters. The molecule has 2 saturated heterocycles. The van der Waals surface area contributed by atoms with Gasteiger partial charge in [0.25, 0.3) is 0 Å². The number of hydrogen-bond donors (Lipinski definition) is 4. The summed E-state index contributed by atoms with van der Waals surface area (Å²) in [5.41, 5.74) is -0.0754. The number of hydrogen-bond acceptors (Lipinski definition) is 4. The standard InChI is InChI=1S/C16H30N4/c1-15-16(2,19-13-9-5-3-7-11(13)17-15)20-14-10-6-4-8-12(14)18-15/h11-14,17-20H,3-10H2,1-2H3/t11-,12-,13-,14+,15?,16?/m1/s1. The predicted octanol–water partition coefficient (Wildman–Crippen LogP) is 1.43. The van der Waals surface area contributed by atoms with Crippen LogP contribution in [-0.4, -0.2) is 35.5 Å². The zero-order chi connectivity index (χ0) is 13.8. The van der Waals surface area contributed by atoms with Gasteiger partial charge in [0, 0.05) is 24.2 Å². The van der Waals surface area contributed by atoms with Crippen molar-refractivity contribution >= 4 is 0 Å². The normalized spacial score (nSPS) is 55.5. The minimum absolute atomic E-state index is 0.0377. The van der Waals surface area contributed by atoms with Gasteiger partial charge in [0.15, 0.2) is 0 Å². The highest BCUT2D eigenvalue weighted by molar-refractivity contribution is 5.17. The van der Waals surface area contributed by atoms with E-state index in [1.54, 1.807) is 0 Å². The average Bonchev–Trinajstić information content (AvgIpc) is 2.42. The van der Waals surface area contributed by atoms with Crippen molar-refractivity contribution in [2.75, 3.05) is 0 Å². The smallest absolute Gasteiger partial charge is 0.0984 e. The molecular formula is C16H30N4. The molecule has 4 rings (SSSR count). The van der Waals surface area contributed by atoms with Gasteiger partial charge in [0.1, 0.15) is 0 Å². The quantitative estimate of drug-likeness (QED) is 0.541. The van der Waals surface area contributed by atoms with Crippen LogP contribution in [0.2, 0.25) is 0 Å². The first kappa shape index (κ1) is 13.5. The first-order valence-electron chi connectivity index (χ1n) is 8.70. The molecule has 2 heterocycles. The van der Waals surface area contributed by atoms with Crippen molar-refractivity contribution < 1.29 is 0 Å². The molecule has 0 amide bonds. The molecule has 0 aromatic rings. The van der Waals surface area contributed by atoms with Gasteiger partial charge in [-0.3, -0.25) is 21.3 Å². The lowest BCUT2D eigenvalue weighted by atomic mass is 9.76. The summed E-state index contributed by atoms with van der Waals surface area (Å²) in [6.07, 6.45) is 10.8. The zero-order valence-electron chi connectivity index (χ0n) is 13.0. The number of nitrogens with one attached hydrogen (secondary N) is 4. The van der Waals surface area contributed by atoms with Crippen LogP contribution in [0.15, 0.2) is 0 Å². The maximum absolute atomic E-state index is 3.97. The number of piperazine rings is 2. The average molecular weight is 278 g/mol. The van der Waals surface area contributed by atoms with Crippen LogP contribution in [0.1, 0.15) is 65.2 Å². The molecule has 2 saturated carbocycles. The molecule has 4 aliphatic rings. The Labute approximate surface area is 122 Å². The Hall–Kier alpha value is -0.160. The Morgan fingerprint density at radius 1 is 0.550 bits per heavy atom.